The fourth-order valence-corrected chi connectivity index (χ4v) is 4.94. The van der Waals surface area contributed by atoms with E-state index < -0.39 is 0 Å². The van der Waals surface area contributed by atoms with Crippen LogP contribution in [0.5, 0.6) is 0 Å². The first-order valence-corrected chi connectivity index (χ1v) is 12.7. The smallest absolute Gasteiger partial charge is 0.258 e. The Hall–Kier alpha value is -3.35. The van der Waals surface area contributed by atoms with Gasteiger partial charge in [0.2, 0.25) is 0 Å². The molecule has 2 aromatic heterocycles. The van der Waals surface area contributed by atoms with Crippen LogP contribution in [0.25, 0.3) is 33.4 Å². The summed E-state index contributed by atoms with van der Waals surface area (Å²) in [5, 5.41) is 6.33. The molecule has 5 rings (SSSR count). The number of benzene rings is 3. The van der Waals surface area contributed by atoms with Gasteiger partial charge in [0.15, 0.2) is 5.13 Å². The van der Waals surface area contributed by atoms with Crippen molar-refractivity contribution in [2.75, 3.05) is 5.32 Å². The molecule has 0 aliphatic carbocycles. The van der Waals surface area contributed by atoms with Gasteiger partial charge in [-0.05, 0) is 35.7 Å². The molecule has 0 radical (unpaired) electrons. The van der Waals surface area contributed by atoms with Gasteiger partial charge >= 0.3 is 0 Å². The van der Waals surface area contributed by atoms with Crippen LogP contribution in [0.15, 0.2) is 88.7 Å². The van der Waals surface area contributed by atoms with E-state index in [1.807, 2.05) is 60.0 Å². The van der Waals surface area contributed by atoms with E-state index in [2.05, 4.69) is 64.3 Å². The van der Waals surface area contributed by atoms with Crippen molar-refractivity contribution < 1.29 is 4.79 Å². The monoisotopic (exact) mass is 527 g/mol. The minimum absolute atomic E-state index is 0.203. The fourth-order valence-electron chi connectivity index (χ4n) is 3.83. The summed E-state index contributed by atoms with van der Waals surface area (Å²) in [5.74, 6) is 0.280. The SMILES string of the molecule is CC(C)c1ccc(-c2csc(NC(=O)c3cc(-c4cccc(Br)c4)nc4ccccc34)n2)cc1. The molecule has 6 heteroatoms. The molecule has 0 bridgehead atoms. The first-order valence-electron chi connectivity index (χ1n) is 11.0. The van der Waals surface area contributed by atoms with E-state index in [0.717, 1.165) is 37.9 Å². The highest BCUT2D eigenvalue weighted by molar-refractivity contribution is 9.10. The van der Waals surface area contributed by atoms with Gasteiger partial charge in [0.05, 0.1) is 22.5 Å². The van der Waals surface area contributed by atoms with Crippen molar-refractivity contribution in [3.8, 4) is 22.5 Å². The van der Waals surface area contributed by atoms with E-state index in [1.165, 1.54) is 16.9 Å². The summed E-state index contributed by atoms with van der Waals surface area (Å²) in [5.41, 5.74) is 6.20. The normalized spacial score (nSPS) is 11.2. The van der Waals surface area contributed by atoms with Crippen LogP contribution in [0, 0.1) is 0 Å². The number of para-hydroxylation sites is 1. The summed E-state index contributed by atoms with van der Waals surface area (Å²) in [4.78, 5) is 22.8. The van der Waals surface area contributed by atoms with Crippen LogP contribution < -0.4 is 5.32 Å². The van der Waals surface area contributed by atoms with Crippen LogP contribution in [0.4, 0.5) is 5.13 Å². The predicted molar refractivity (Wildman–Crippen MR) is 144 cm³/mol. The number of pyridine rings is 1. The van der Waals surface area contributed by atoms with Crippen LogP contribution in [0.1, 0.15) is 35.7 Å². The number of carbonyl (C=O) groups is 1. The second-order valence-corrected chi connectivity index (χ2v) is 10.1. The molecule has 0 atom stereocenters. The molecule has 5 aromatic rings. The summed E-state index contributed by atoms with van der Waals surface area (Å²) < 4.78 is 0.961. The van der Waals surface area contributed by atoms with Crippen LogP contribution in [0.2, 0.25) is 0 Å². The minimum Gasteiger partial charge on any atom is -0.298 e. The van der Waals surface area contributed by atoms with E-state index in [-0.39, 0.29) is 5.91 Å². The number of thiazole rings is 1. The molecule has 168 valence electrons. The third kappa shape index (κ3) is 4.65. The first-order chi connectivity index (χ1) is 16.5. The Morgan fingerprint density at radius 1 is 0.882 bits per heavy atom. The lowest BCUT2D eigenvalue weighted by molar-refractivity contribution is 0.102. The number of halogens is 1. The van der Waals surface area contributed by atoms with E-state index in [9.17, 15) is 4.79 Å². The predicted octanol–water partition coefficient (Wildman–Crippen LogP) is 8.16. The van der Waals surface area contributed by atoms with E-state index in [1.54, 1.807) is 0 Å². The largest absolute Gasteiger partial charge is 0.298 e. The zero-order chi connectivity index (χ0) is 23.7. The van der Waals surface area contributed by atoms with Gasteiger partial charge in [-0.15, -0.1) is 11.3 Å². The van der Waals surface area contributed by atoms with E-state index in [4.69, 9.17) is 4.98 Å². The first kappa shape index (κ1) is 22.4. The number of amides is 1. The quantitative estimate of drug-likeness (QED) is 0.250. The Labute approximate surface area is 210 Å². The molecule has 3 aromatic carbocycles. The lowest BCUT2D eigenvalue weighted by Crippen LogP contribution is -2.13. The molecular weight excluding hydrogens is 506 g/mol. The summed E-state index contributed by atoms with van der Waals surface area (Å²) >= 11 is 4.94. The highest BCUT2D eigenvalue weighted by Gasteiger charge is 2.16. The number of nitrogens with zero attached hydrogens (tertiary/aromatic N) is 2. The number of rotatable bonds is 5. The molecular formula is C28H22BrN3OS. The number of anilines is 1. The van der Waals surface area contributed by atoms with Crippen LogP contribution in [-0.4, -0.2) is 15.9 Å². The number of hydrogen-bond donors (Lipinski definition) is 1. The van der Waals surface area contributed by atoms with Gasteiger partial charge in [0.1, 0.15) is 0 Å². The summed E-state index contributed by atoms with van der Waals surface area (Å²) in [6.45, 7) is 4.35. The topological polar surface area (TPSA) is 54.9 Å². The standard InChI is InChI=1S/C28H22BrN3OS/c1-17(2)18-10-12-19(13-11-18)26-16-34-28(31-26)32-27(33)23-15-25(20-6-5-7-21(29)14-20)30-24-9-4-3-8-22(23)24/h3-17H,1-2H3,(H,31,32,33). The molecule has 1 N–H and O–H groups in total. The average molecular weight is 528 g/mol. The molecule has 0 unspecified atom stereocenters. The highest BCUT2D eigenvalue weighted by atomic mass is 79.9. The molecule has 1 amide bonds. The van der Waals surface area contributed by atoms with E-state index >= 15 is 0 Å². The molecule has 0 aliphatic heterocycles. The summed E-state index contributed by atoms with van der Waals surface area (Å²) in [7, 11) is 0. The number of aromatic nitrogens is 2. The molecule has 0 saturated carbocycles. The third-order valence-electron chi connectivity index (χ3n) is 5.68. The zero-order valence-corrected chi connectivity index (χ0v) is 21.2. The van der Waals surface area contributed by atoms with Crippen molar-refractivity contribution in [2.45, 2.75) is 19.8 Å². The van der Waals surface area contributed by atoms with Crippen molar-refractivity contribution in [3.05, 3.63) is 99.8 Å². The van der Waals surface area contributed by atoms with Gasteiger partial charge in [0.25, 0.3) is 5.91 Å². The van der Waals surface area contributed by atoms with Crippen molar-refractivity contribution in [1.82, 2.24) is 9.97 Å². The lowest BCUT2D eigenvalue weighted by Gasteiger charge is -2.10. The molecule has 0 fully saturated rings. The van der Waals surface area contributed by atoms with Crippen LogP contribution in [-0.2, 0) is 0 Å². The van der Waals surface area contributed by atoms with E-state index in [0.29, 0.717) is 16.6 Å². The van der Waals surface area contributed by atoms with Crippen LogP contribution >= 0.6 is 27.3 Å². The average Bonchev–Trinajstić information content (AvgIpc) is 3.31. The molecule has 0 spiro atoms. The molecule has 0 aliphatic rings. The van der Waals surface area contributed by atoms with Crippen molar-refractivity contribution in [1.29, 1.82) is 0 Å². The number of nitrogens with one attached hydrogen (secondary N) is 1. The molecule has 2 heterocycles. The van der Waals surface area contributed by atoms with Gasteiger partial charge in [-0.2, -0.15) is 0 Å². The maximum atomic E-state index is 13.4. The van der Waals surface area contributed by atoms with Gasteiger partial charge in [-0.1, -0.05) is 84.4 Å². The number of carbonyl (C=O) groups excluding carboxylic acids is 1. The Morgan fingerprint density at radius 2 is 1.68 bits per heavy atom. The van der Waals surface area contributed by atoms with Crippen molar-refractivity contribution >= 4 is 49.2 Å². The Bertz CT molecular complexity index is 1490. The second-order valence-electron chi connectivity index (χ2n) is 8.35. The van der Waals surface area contributed by atoms with Gasteiger partial charge in [0, 0.05) is 26.4 Å². The lowest BCUT2D eigenvalue weighted by atomic mass is 10.0. The van der Waals surface area contributed by atoms with Crippen molar-refractivity contribution in [2.24, 2.45) is 0 Å². The Balaban J connectivity index is 1.46. The van der Waals surface area contributed by atoms with Gasteiger partial charge < -0.3 is 0 Å². The second kappa shape index (κ2) is 9.49. The number of fused-ring (bicyclic) bond motifs is 1. The van der Waals surface area contributed by atoms with Gasteiger partial charge in [-0.3, -0.25) is 10.1 Å². The Morgan fingerprint density at radius 3 is 2.44 bits per heavy atom. The summed E-state index contributed by atoms with van der Waals surface area (Å²) in [6.07, 6.45) is 0. The fraction of sp³-hybridized carbons (Fsp3) is 0.107. The van der Waals surface area contributed by atoms with Gasteiger partial charge in [-0.25, -0.2) is 9.97 Å². The van der Waals surface area contributed by atoms with Crippen molar-refractivity contribution in [3.63, 3.8) is 0 Å². The number of hydrogen-bond acceptors (Lipinski definition) is 4. The van der Waals surface area contributed by atoms with Crippen LogP contribution in [0.3, 0.4) is 0 Å². The third-order valence-corrected chi connectivity index (χ3v) is 6.93. The Kier molecular flexibility index (Phi) is 6.26. The maximum Gasteiger partial charge on any atom is 0.258 e. The highest BCUT2D eigenvalue weighted by Crippen LogP contribution is 2.29. The minimum atomic E-state index is -0.203. The maximum absolute atomic E-state index is 13.4. The summed E-state index contributed by atoms with van der Waals surface area (Å²) in [6, 6.07) is 25.9. The zero-order valence-electron chi connectivity index (χ0n) is 18.7. The molecule has 34 heavy (non-hydrogen) atoms. The molecule has 0 saturated heterocycles. The molecule has 4 nitrogen and oxygen atoms in total.